The summed E-state index contributed by atoms with van der Waals surface area (Å²) >= 11 is 5.91. The lowest BCUT2D eigenvalue weighted by atomic mass is 10.2. The van der Waals surface area contributed by atoms with Crippen LogP contribution in [-0.4, -0.2) is 24.5 Å². The van der Waals surface area contributed by atoms with Crippen molar-refractivity contribution in [2.45, 2.75) is 6.54 Å². The highest BCUT2D eigenvalue weighted by atomic mass is 35.5. The molecular weight excluding hydrogens is 274 g/mol. The minimum Gasteiger partial charge on any atom is -0.265 e. The maximum atomic E-state index is 11.1. The molecule has 96 valence electrons. The maximum absolute atomic E-state index is 11.1. The van der Waals surface area contributed by atoms with Gasteiger partial charge in [-0.3, -0.25) is 9.40 Å². The van der Waals surface area contributed by atoms with Gasteiger partial charge in [-0.05, 0) is 5.56 Å². The third kappa shape index (κ3) is 3.48. The Labute approximate surface area is 110 Å². The quantitative estimate of drug-likeness (QED) is 0.934. The summed E-state index contributed by atoms with van der Waals surface area (Å²) in [7, 11) is -3.37. The lowest BCUT2D eigenvalue weighted by molar-refractivity contribution is 0.606. The number of sulfonamides is 1. The fourth-order valence-corrected chi connectivity index (χ4v) is 2.25. The molecule has 2 rings (SSSR count). The van der Waals surface area contributed by atoms with Gasteiger partial charge < -0.3 is 0 Å². The van der Waals surface area contributed by atoms with E-state index in [4.69, 9.17) is 11.6 Å². The molecule has 0 spiro atoms. The van der Waals surface area contributed by atoms with E-state index in [0.29, 0.717) is 6.54 Å². The van der Waals surface area contributed by atoms with Gasteiger partial charge in [-0.1, -0.05) is 41.9 Å². The van der Waals surface area contributed by atoms with Crippen molar-refractivity contribution in [3.8, 4) is 0 Å². The number of benzene rings is 1. The summed E-state index contributed by atoms with van der Waals surface area (Å²) in [4.78, 5) is 0. The van der Waals surface area contributed by atoms with Crippen molar-refractivity contribution in [3.63, 3.8) is 0 Å². The van der Waals surface area contributed by atoms with E-state index in [1.807, 2.05) is 30.3 Å². The van der Waals surface area contributed by atoms with Gasteiger partial charge in [0, 0.05) is 6.20 Å². The van der Waals surface area contributed by atoms with Crippen molar-refractivity contribution < 1.29 is 8.42 Å². The number of anilines is 1. The van der Waals surface area contributed by atoms with Crippen LogP contribution in [0, 0.1) is 0 Å². The number of halogens is 1. The van der Waals surface area contributed by atoms with Gasteiger partial charge in [0.05, 0.1) is 12.8 Å². The molecule has 0 atom stereocenters. The number of nitrogens with one attached hydrogen (secondary N) is 1. The molecule has 7 heteroatoms. The smallest absolute Gasteiger partial charge is 0.231 e. The van der Waals surface area contributed by atoms with Gasteiger partial charge in [-0.2, -0.15) is 5.10 Å². The van der Waals surface area contributed by atoms with Gasteiger partial charge in [-0.25, -0.2) is 8.42 Å². The van der Waals surface area contributed by atoms with Gasteiger partial charge in [0.2, 0.25) is 10.0 Å². The van der Waals surface area contributed by atoms with E-state index < -0.39 is 10.0 Å². The standard InChI is InChI=1S/C11H12ClN3O2S/c1-18(16,17)14-11-10(12)8-15(13-11)7-9-5-3-2-4-6-9/h2-6,8H,7H2,1H3,(H,13,14). The largest absolute Gasteiger partial charge is 0.265 e. The van der Waals surface area contributed by atoms with Crippen LogP contribution >= 0.6 is 11.6 Å². The van der Waals surface area contributed by atoms with Crippen molar-refractivity contribution in [2.75, 3.05) is 11.0 Å². The summed E-state index contributed by atoms with van der Waals surface area (Å²) in [6.45, 7) is 0.534. The van der Waals surface area contributed by atoms with Gasteiger partial charge in [0.15, 0.2) is 5.82 Å². The van der Waals surface area contributed by atoms with Crippen molar-refractivity contribution >= 4 is 27.4 Å². The van der Waals surface area contributed by atoms with Crippen molar-refractivity contribution in [1.82, 2.24) is 9.78 Å². The van der Waals surface area contributed by atoms with E-state index in [1.54, 1.807) is 10.9 Å². The topological polar surface area (TPSA) is 64.0 Å². The summed E-state index contributed by atoms with van der Waals surface area (Å²) in [5.41, 5.74) is 1.06. The first-order chi connectivity index (χ1) is 8.44. The summed E-state index contributed by atoms with van der Waals surface area (Å²) in [5, 5.41) is 4.36. The molecule has 0 saturated heterocycles. The molecule has 5 nitrogen and oxygen atoms in total. The Bertz CT molecular complexity index is 638. The van der Waals surface area contributed by atoms with Crippen LogP contribution in [0.15, 0.2) is 36.5 Å². The average molecular weight is 286 g/mol. The molecule has 0 amide bonds. The number of hydrogen-bond donors (Lipinski definition) is 1. The minimum absolute atomic E-state index is 0.148. The molecule has 0 radical (unpaired) electrons. The Hall–Kier alpha value is -1.53. The van der Waals surface area contributed by atoms with Gasteiger partial charge in [-0.15, -0.1) is 0 Å². The summed E-state index contributed by atoms with van der Waals surface area (Å²) in [5.74, 6) is 0.148. The SMILES string of the molecule is CS(=O)(=O)Nc1nn(Cc2ccccc2)cc1Cl. The second-order valence-corrected chi connectivity index (χ2v) is 6.04. The number of nitrogens with zero attached hydrogens (tertiary/aromatic N) is 2. The molecule has 0 bridgehead atoms. The third-order valence-electron chi connectivity index (χ3n) is 2.19. The molecular formula is C11H12ClN3O2S. The highest BCUT2D eigenvalue weighted by molar-refractivity contribution is 7.92. The Kier molecular flexibility index (Phi) is 3.58. The van der Waals surface area contributed by atoms with Gasteiger partial charge >= 0.3 is 0 Å². The molecule has 0 aliphatic rings. The summed E-state index contributed by atoms with van der Waals surface area (Å²) < 4.78 is 26.1. The molecule has 1 aromatic heterocycles. The van der Waals surface area contributed by atoms with Crippen LogP contribution in [0.5, 0.6) is 0 Å². The Morgan fingerprint density at radius 1 is 1.33 bits per heavy atom. The molecule has 0 aliphatic carbocycles. The van der Waals surface area contributed by atoms with Crippen LogP contribution in [0.25, 0.3) is 0 Å². The van der Waals surface area contributed by atoms with Gasteiger partial charge in [0.25, 0.3) is 0 Å². The van der Waals surface area contributed by atoms with Crippen molar-refractivity contribution in [1.29, 1.82) is 0 Å². The number of rotatable bonds is 4. The second kappa shape index (κ2) is 4.99. The van der Waals surface area contributed by atoms with Crippen LogP contribution in [0.1, 0.15) is 5.56 Å². The van der Waals surface area contributed by atoms with Crippen molar-refractivity contribution in [2.24, 2.45) is 0 Å². The molecule has 2 aromatic rings. The highest BCUT2D eigenvalue weighted by Gasteiger charge is 2.11. The van der Waals surface area contributed by atoms with E-state index >= 15 is 0 Å². The Morgan fingerprint density at radius 3 is 2.61 bits per heavy atom. The zero-order valence-corrected chi connectivity index (χ0v) is 11.2. The molecule has 0 saturated carbocycles. The Balaban J connectivity index is 2.19. The zero-order chi connectivity index (χ0) is 13.2. The summed E-state index contributed by atoms with van der Waals surface area (Å²) in [6, 6.07) is 9.70. The maximum Gasteiger partial charge on any atom is 0.231 e. The van der Waals surface area contributed by atoms with E-state index in [1.165, 1.54) is 0 Å². The van der Waals surface area contributed by atoms with E-state index in [-0.39, 0.29) is 10.8 Å². The molecule has 1 aromatic carbocycles. The fraction of sp³-hybridized carbons (Fsp3) is 0.182. The molecule has 1 N–H and O–H groups in total. The second-order valence-electron chi connectivity index (χ2n) is 3.88. The van der Waals surface area contributed by atoms with E-state index in [9.17, 15) is 8.42 Å². The predicted octanol–water partition coefficient (Wildman–Crippen LogP) is 1.96. The fourth-order valence-electron chi connectivity index (χ4n) is 1.49. The van der Waals surface area contributed by atoms with Gasteiger partial charge in [0.1, 0.15) is 5.02 Å². The number of aromatic nitrogens is 2. The normalized spacial score (nSPS) is 11.4. The highest BCUT2D eigenvalue weighted by Crippen LogP contribution is 2.20. The molecule has 18 heavy (non-hydrogen) atoms. The lowest BCUT2D eigenvalue weighted by Gasteiger charge is -2.01. The van der Waals surface area contributed by atoms with Crippen LogP contribution in [-0.2, 0) is 16.6 Å². The summed E-state index contributed by atoms with van der Waals surface area (Å²) in [6.07, 6.45) is 2.64. The first-order valence-corrected chi connectivity index (χ1v) is 7.46. The molecule has 1 heterocycles. The number of hydrogen-bond acceptors (Lipinski definition) is 3. The molecule has 0 fully saturated rings. The van der Waals surface area contributed by atoms with E-state index in [0.717, 1.165) is 11.8 Å². The third-order valence-corrected chi connectivity index (χ3v) is 3.03. The minimum atomic E-state index is -3.37. The zero-order valence-electron chi connectivity index (χ0n) is 9.67. The predicted molar refractivity (Wildman–Crippen MR) is 71.2 cm³/mol. The first-order valence-electron chi connectivity index (χ1n) is 5.19. The van der Waals surface area contributed by atoms with E-state index in [2.05, 4.69) is 9.82 Å². The molecule has 0 aliphatic heterocycles. The average Bonchev–Trinajstić information content (AvgIpc) is 2.58. The van der Waals surface area contributed by atoms with Crippen molar-refractivity contribution in [3.05, 3.63) is 47.1 Å². The van der Waals surface area contributed by atoms with Crippen LogP contribution < -0.4 is 4.72 Å². The lowest BCUT2D eigenvalue weighted by Crippen LogP contribution is -2.11. The van der Waals surface area contributed by atoms with Crippen LogP contribution in [0.3, 0.4) is 0 Å². The van der Waals surface area contributed by atoms with Crippen LogP contribution in [0.4, 0.5) is 5.82 Å². The first kappa shape index (κ1) is 12.9. The molecule has 0 unspecified atom stereocenters. The Morgan fingerprint density at radius 2 is 2.00 bits per heavy atom. The van der Waals surface area contributed by atoms with Crippen LogP contribution in [0.2, 0.25) is 5.02 Å². The monoisotopic (exact) mass is 285 g/mol.